The Morgan fingerprint density at radius 2 is 1.72 bits per heavy atom. The molecule has 2 amide bonds. The number of hydrogen-bond donors (Lipinski definition) is 2. The molecule has 1 aliphatic heterocycles. The van der Waals surface area contributed by atoms with Crippen LogP contribution in [-0.2, 0) is 16.8 Å². The van der Waals surface area contributed by atoms with E-state index in [1.54, 1.807) is 0 Å². The number of likely N-dealkylation sites (tertiary alicyclic amines) is 1. The van der Waals surface area contributed by atoms with Crippen LogP contribution in [0.1, 0.15) is 48.7 Å². The lowest BCUT2D eigenvalue weighted by Crippen LogP contribution is -2.43. The highest BCUT2D eigenvalue weighted by molar-refractivity contribution is 5.96. The van der Waals surface area contributed by atoms with Gasteiger partial charge < -0.3 is 10.6 Å². The largest absolute Gasteiger partial charge is 0.350 e. The van der Waals surface area contributed by atoms with Crippen molar-refractivity contribution in [2.75, 3.05) is 19.6 Å². The number of hydrogen-bond acceptors (Lipinski definition) is 3. The molecule has 0 radical (unpaired) electrons. The molecule has 1 fully saturated rings. The first-order valence-corrected chi connectivity index (χ1v) is 10.3. The second kappa shape index (κ2) is 9.23. The second-order valence-electron chi connectivity index (χ2n) is 8.78. The van der Waals surface area contributed by atoms with Gasteiger partial charge in [-0.2, -0.15) is 0 Å². The third kappa shape index (κ3) is 6.16. The Labute approximate surface area is 173 Å². The summed E-state index contributed by atoms with van der Waals surface area (Å²) in [6.45, 7) is 9.10. The van der Waals surface area contributed by atoms with E-state index in [1.807, 2.05) is 42.5 Å². The summed E-state index contributed by atoms with van der Waals surface area (Å²) in [5.74, 6) is -0.367. The standard InChI is InChI=1S/C24H31N3O2/c1-24(2,3)20-11-9-19(10-12-20)23(29)25-15-22(28)26-21-13-14-27(17-21)16-18-7-5-4-6-8-18/h4-12,21H,13-17H2,1-3H3,(H,25,29)(H,26,28)/t21-/m0/s1. The average molecular weight is 394 g/mol. The SMILES string of the molecule is CC(C)(C)c1ccc(C(=O)NCC(=O)N[C@H]2CCN(Cc3ccccc3)C2)cc1. The van der Waals surface area contributed by atoms with Gasteiger partial charge in [0.25, 0.3) is 5.91 Å². The maximum Gasteiger partial charge on any atom is 0.251 e. The molecule has 1 heterocycles. The Morgan fingerprint density at radius 1 is 1.03 bits per heavy atom. The number of carbonyl (C=O) groups is 2. The summed E-state index contributed by atoms with van der Waals surface area (Å²) < 4.78 is 0. The highest BCUT2D eigenvalue weighted by Crippen LogP contribution is 2.22. The van der Waals surface area contributed by atoms with Gasteiger partial charge in [0, 0.05) is 31.2 Å². The average Bonchev–Trinajstić information content (AvgIpc) is 3.13. The van der Waals surface area contributed by atoms with E-state index in [4.69, 9.17) is 0 Å². The maximum absolute atomic E-state index is 12.3. The molecule has 0 spiro atoms. The van der Waals surface area contributed by atoms with E-state index in [-0.39, 0.29) is 29.8 Å². The molecular formula is C24H31N3O2. The number of rotatable bonds is 6. The van der Waals surface area contributed by atoms with Crippen LogP contribution in [-0.4, -0.2) is 42.4 Å². The van der Waals surface area contributed by atoms with Gasteiger partial charge in [0.1, 0.15) is 0 Å². The van der Waals surface area contributed by atoms with E-state index >= 15 is 0 Å². The minimum absolute atomic E-state index is 0.00492. The van der Waals surface area contributed by atoms with Gasteiger partial charge in [-0.1, -0.05) is 63.2 Å². The van der Waals surface area contributed by atoms with Gasteiger partial charge in [0.15, 0.2) is 0 Å². The molecular weight excluding hydrogens is 362 g/mol. The van der Waals surface area contributed by atoms with Gasteiger partial charge in [0.05, 0.1) is 6.54 Å². The number of nitrogens with zero attached hydrogens (tertiary/aromatic N) is 1. The topological polar surface area (TPSA) is 61.4 Å². The summed E-state index contributed by atoms with van der Waals surface area (Å²) in [7, 11) is 0. The van der Waals surface area contributed by atoms with Gasteiger partial charge in [-0.05, 0) is 35.1 Å². The van der Waals surface area contributed by atoms with Gasteiger partial charge >= 0.3 is 0 Å². The normalized spacial score (nSPS) is 17.1. The van der Waals surface area contributed by atoms with Gasteiger partial charge in [-0.15, -0.1) is 0 Å². The van der Waals surface area contributed by atoms with Crippen molar-refractivity contribution in [3.8, 4) is 0 Å². The van der Waals surface area contributed by atoms with E-state index in [0.717, 1.165) is 26.1 Å². The molecule has 154 valence electrons. The molecule has 1 atom stereocenters. The van der Waals surface area contributed by atoms with Crippen LogP contribution in [0.25, 0.3) is 0 Å². The summed E-state index contributed by atoms with van der Waals surface area (Å²) in [5.41, 5.74) is 3.07. The fraction of sp³-hybridized carbons (Fsp3) is 0.417. The number of carbonyl (C=O) groups excluding carboxylic acids is 2. The third-order valence-corrected chi connectivity index (χ3v) is 5.31. The number of nitrogens with one attached hydrogen (secondary N) is 2. The molecule has 2 aromatic carbocycles. The predicted molar refractivity (Wildman–Crippen MR) is 116 cm³/mol. The van der Waals surface area contributed by atoms with Crippen molar-refractivity contribution in [3.63, 3.8) is 0 Å². The van der Waals surface area contributed by atoms with Crippen molar-refractivity contribution in [3.05, 3.63) is 71.3 Å². The minimum atomic E-state index is -0.224. The summed E-state index contributed by atoms with van der Waals surface area (Å²) in [6, 6.07) is 18.0. The van der Waals surface area contributed by atoms with Crippen molar-refractivity contribution in [2.24, 2.45) is 0 Å². The Kier molecular flexibility index (Phi) is 6.70. The van der Waals surface area contributed by atoms with Crippen LogP contribution >= 0.6 is 0 Å². The highest BCUT2D eigenvalue weighted by Gasteiger charge is 2.24. The fourth-order valence-electron chi connectivity index (χ4n) is 3.60. The van der Waals surface area contributed by atoms with Crippen molar-refractivity contribution < 1.29 is 9.59 Å². The molecule has 1 saturated heterocycles. The van der Waals surface area contributed by atoms with Gasteiger partial charge in [-0.3, -0.25) is 14.5 Å². The molecule has 29 heavy (non-hydrogen) atoms. The van der Waals surface area contributed by atoms with Crippen LogP contribution in [0.3, 0.4) is 0 Å². The Morgan fingerprint density at radius 3 is 2.38 bits per heavy atom. The molecule has 0 unspecified atom stereocenters. The zero-order chi connectivity index (χ0) is 20.9. The summed E-state index contributed by atoms with van der Waals surface area (Å²) in [6.07, 6.45) is 0.931. The molecule has 0 saturated carbocycles. The fourth-order valence-corrected chi connectivity index (χ4v) is 3.60. The number of benzene rings is 2. The summed E-state index contributed by atoms with van der Waals surface area (Å²) >= 11 is 0. The zero-order valence-corrected chi connectivity index (χ0v) is 17.6. The van der Waals surface area contributed by atoms with Crippen LogP contribution in [0.2, 0.25) is 0 Å². The molecule has 2 N–H and O–H groups in total. The molecule has 0 aliphatic carbocycles. The lowest BCUT2D eigenvalue weighted by Gasteiger charge is -2.19. The monoisotopic (exact) mass is 393 g/mol. The molecule has 2 aromatic rings. The molecule has 0 bridgehead atoms. The van der Waals surface area contributed by atoms with Gasteiger partial charge in [-0.25, -0.2) is 0 Å². The molecule has 1 aliphatic rings. The minimum Gasteiger partial charge on any atom is -0.350 e. The van der Waals surface area contributed by atoms with Crippen LogP contribution < -0.4 is 10.6 Å². The summed E-state index contributed by atoms with van der Waals surface area (Å²) in [5, 5.41) is 5.75. The first-order valence-electron chi connectivity index (χ1n) is 10.3. The van der Waals surface area contributed by atoms with E-state index in [1.165, 1.54) is 11.1 Å². The Balaban J connectivity index is 1.41. The van der Waals surface area contributed by atoms with Crippen molar-refractivity contribution in [2.45, 2.75) is 45.2 Å². The smallest absolute Gasteiger partial charge is 0.251 e. The molecule has 5 nitrogen and oxygen atoms in total. The van der Waals surface area contributed by atoms with Crippen LogP contribution in [0.15, 0.2) is 54.6 Å². The third-order valence-electron chi connectivity index (χ3n) is 5.31. The van der Waals surface area contributed by atoms with Crippen molar-refractivity contribution in [1.82, 2.24) is 15.5 Å². The zero-order valence-electron chi connectivity index (χ0n) is 17.6. The van der Waals surface area contributed by atoms with E-state index in [0.29, 0.717) is 5.56 Å². The van der Waals surface area contributed by atoms with Gasteiger partial charge in [0.2, 0.25) is 5.91 Å². The quantitative estimate of drug-likeness (QED) is 0.793. The molecule has 5 heteroatoms. The Bertz CT molecular complexity index is 825. The highest BCUT2D eigenvalue weighted by atomic mass is 16.2. The lowest BCUT2D eigenvalue weighted by molar-refractivity contribution is -0.120. The van der Waals surface area contributed by atoms with Crippen LogP contribution in [0.5, 0.6) is 0 Å². The van der Waals surface area contributed by atoms with Crippen LogP contribution in [0.4, 0.5) is 0 Å². The van der Waals surface area contributed by atoms with E-state index < -0.39 is 0 Å². The molecule has 3 rings (SSSR count). The predicted octanol–water partition coefficient (Wildman–Crippen LogP) is 3.10. The maximum atomic E-state index is 12.3. The molecule has 0 aromatic heterocycles. The van der Waals surface area contributed by atoms with Crippen molar-refractivity contribution in [1.29, 1.82) is 0 Å². The summed E-state index contributed by atoms with van der Waals surface area (Å²) in [4.78, 5) is 26.9. The first-order chi connectivity index (χ1) is 13.8. The van der Waals surface area contributed by atoms with Crippen LogP contribution in [0, 0.1) is 0 Å². The number of amides is 2. The van der Waals surface area contributed by atoms with E-state index in [9.17, 15) is 9.59 Å². The van der Waals surface area contributed by atoms with E-state index in [2.05, 4.69) is 48.4 Å². The second-order valence-corrected chi connectivity index (χ2v) is 8.78. The Hall–Kier alpha value is -2.66. The van der Waals surface area contributed by atoms with Crippen molar-refractivity contribution >= 4 is 11.8 Å². The first kappa shape index (κ1) is 21.1. The lowest BCUT2D eigenvalue weighted by atomic mass is 9.87.